The Morgan fingerprint density at radius 3 is 1.93 bits per heavy atom. The molecule has 0 amide bonds. The van der Waals surface area contributed by atoms with Gasteiger partial charge < -0.3 is 11.5 Å². The van der Waals surface area contributed by atoms with Gasteiger partial charge in [0.1, 0.15) is 0 Å². The summed E-state index contributed by atoms with van der Waals surface area (Å²) in [4.78, 5) is 0. The van der Waals surface area contributed by atoms with Crippen LogP contribution in [0.15, 0.2) is 0 Å². The van der Waals surface area contributed by atoms with Gasteiger partial charge in [0.25, 0.3) is 0 Å². The summed E-state index contributed by atoms with van der Waals surface area (Å²) < 4.78 is 0. The van der Waals surface area contributed by atoms with Crippen molar-refractivity contribution in [1.29, 1.82) is 0 Å². The van der Waals surface area contributed by atoms with Gasteiger partial charge in [-0.25, -0.2) is 0 Å². The maximum Gasteiger partial charge on any atom is 0.0361 e. The van der Waals surface area contributed by atoms with Crippen molar-refractivity contribution in [3.05, 3.63) is 13.5 Å². The lowest BCUT2D eigenvalue weighted by molar-refractivity contribution is 0.547. The molecule has 0 aliphatic heterocycles. The summed E-state index contributed by atoms with van der Waals surface area (Å²) in [5, 5.41) is 0. The van der Waals surface area contributed by atoms with Crippen molar-refractivity contribution in [3.8, 4) is 0 Å². The Bertz CT molecular complexity index is 104. The normalized spacial score (nSPS) is 13.1. The number of hydrogen-bond acceptors (Lipinski definition) is 2. The van der Waals surface area contributed by atoms with E-state index in [1.165, 1.54) is 44.9 Å². The van der Waals surface area contributed by atoms with Crippen LogP contribution in [0.2, 0.25) is 0 Å². The Morgan fingerprint density at radius 2 is 1.43 bits per heavy atom. The maximum atomic E-state index is 5.67. The second kappa shape index (κ2) is 11.0. The van der Waals surface area contributed by atoms with Crippen molar-refractivity contribution in [1.82, 2.24) is 0 Å². The van der Waals surface area contributed by atoms with Crippen LogP contribution < -0.4 is 11.5 Å². The molecule has 4 N–H and O–H groups in total. The Kier molecular flexibility index (Phi) is 10.9. The van der Waals surface area contributed by atoms with E-state index in [4.69, 9.17) is 11.5 Å². The Labute approximate surface area is 89.4 Å². The summed E-state index contributed by atoms with van der Waals surface area (Å²) in [6, 6.07) is 0.0983. The first-order valence-corrected chi connectivity index (χ1v) is 5.91. The lowest BCUT2D eigenvalue weighted by Gasteiger charge is -2.07. The minimum absolute atomic E-state index is 0.0983. The van der Waals surface area contributed by atoms with Gasteiger partial charge >= 0.3 is 0 Å². The van der Waals surface area contributed by atoms with Crippen LogP contribution >= 0.6 is 0 Å². The molecule has 0 rings (SSSR count). The lowest BCUT2D eigenvalue weighted by atomic mass is 10.1. The summed E-state index contributed by atoms with van der Waals surface area (Å²) >= 11 is 0. The van der Waals surface area contributed by atoms with Gasteiger partial charge in [-0.2, -0.15) is 0 Å². The van der Waals surface area contributed by atoms with E-state index in [0.717, 1.165) is 12.8 Å². The molecule has 1 atom stereocenters. The van der Waals surface area contributed by atoms with Crippen LogP contribution in [0.4, 0.5) is 0 Å². The number of hydrogen-bond donors (Lipinski definition) is 2. The molecule has 0 spiro atoms. The molecule has 2 heteroatoms. The van der Waals surface area contributed by atoms with Crippen LogP contribution in [-0.2, 0) is 0 Å². The summed E-state index contributed by atoms with van der Waals surface area (Å²) in [6.45, 7) is 5.42. The van der Waals surface area contributed by atoms with Crippen molar-refractivity contribution in [2.24, 2.45) is 11.5 Å². The highest BCUT2D eigenvalue weighted by Crippen LogP contribution is 2.10. The average molecular weight is 198 g/mol. The van der Waals surface area contributed by atoms with Crippen LogP contribution in [0.25, 0.3) is 0 Å². The zero-order chi connectivity index (χ0) is 10.6. The monoisotopic (exact) mass is 198 g/mol. The van der Waals surface area contributed by atoms with E-state index in [0.29, 0.717) is 0 Å². The molecular weight excluding hydrogens is 172 g/mol. The van der Waals surface area contributed by atoms with Crippen molar-refractivity contribution in [2.45, 2.75) is 63.8 Å². The van der Waals surface area contributed by atoms with Crippen LogP contribution in [0.3, 0.4) is 0 Å². The first kappa shape index (κ1) is 13.9. The Hall–Kier alpha value is -0.0800. The standard InChI is InChI=1S/C12H26N2/c1-2-3-4-5-6-7-8-9-10-12(14)11-13/h11-12H,1-10,13-14H2. The van der Waals surface area contributed by atoms with Crippen LogP contribution in [0.1, 0.15) is 57.8 Å². The molecule has 0 aliphatic carbocycles. The molecule has 0 aromatic carbocycles. The number of unbranched alkanes of at least 4 members (excludes halogenated alkanes) is 7. The van der Waals surface area contributed by atoms with Crippen LogP contribution in [-0.4, -0.2) is 6.04 Å². The van der Waals surface area contributed by atoms with E-state index in [1.807, 2.05) is 0 Å². The first-order chi connectivity index (χ1) is 6.81. The molecule has 14 heavy (non-hydrogen) atoms. The maximum absolute atomic E-state index is 5.67. The molecule has 0 fully saturated rings. The van der Waals surface area contributed by atoms with E-state index in [9.17, 15) is 0 Å². The topological polar surface area (TPSA) is 52.0 Å². The summed E-state index contributed by atoms with van der Waals surface area (Å²) in [7, 11) is 0. The SMILES string of the molecule is [CH2]CCCCCCCCCC(N)[CH]N. The Morgan fingerprint density at radius 1 is 0.929 bits per heavy atom. The molecule has 0 saturated carbocycles. The van der Waals surface area contributed by atoms with Gasteiger partial charge in [-0.15, -0.1) is 0 Å². The van der Waals surface area contributed by atoms with E-state index >= 15 is 0 Å². The van der Waals surface area contributed by atoms with Crippen molar-refractivity contribution < 1.29 is 0 Å². The van der Waals surface area contributed by atoms with E-state index in [-0.39, 0.29) is 6.04 Å². The van der Waals surface area contributed by atoms with Gasteiger partial charge in [-0.1, -0.05) is 58.3 Å². The molecule has 0 aromatic heterocycles. The molecule has 2 nitrogen and oxygen atoms in total. The molecule has 84 valence electrons. The second-order valence-electron chi connectivity index (χ2n) is 3.97. The molecule has 2 radical (unpaired) electrons. The summed E-state index contributed by atoms with van der Waals surface area (Å²) in [5.41, 5.74) is 11.0. The Balaban J connectivity index is 2.92. The third-order valence-corrected chi connectivity index (χ3v) is 2.53. The molecule has 0 bridgehead atoms. The second-order valence-corrected chi connectivity index (χ2v) is 3.97. The quantitative estimate of drug-likeness (QED) is 0.530. The van der Waals surface area contributed by atoms with Crippen molar-refractivity contribution in [2.75, 3.05) is 0 Å². The highest BCUT2D eigenvalue weighted by molar-refractivity contribution is 4.72. The molecular formula is C12H26N2. The first-order valence-electron chi connectivity index (χ1n) is 5.91. The summed E-state index contributed by atoms with van der Waals surface area (Å²) in [6.07, 6.45) is 11.3. The van der Waals surface area contributed by atoms with Crippen LogP contribution in [0, 0.1) is 13.5 Å². The van der Waals surface area contributed by atoms with Crippen LogP contribution in [0.5, 0.6) is 0 Å². The van der Waals surface area contributed by atoms with E-state index in [2.05, 4.69) is 6.92 Å². The minimum atomic E-state index is 0.0983. The molecule has 0 aliphatic rings. The molecule has 0 saturated heterocycles. The summed E-state index contributed by atoms with van der Waals surface area (Å²) in [5.74, 6) is 0. The zero-order valence-corrected chi connectivity index (χ0v) is 9.38. The van der Waals surface area contributed by atoms with Gasteiger partial charge in [0.05, 0.1) is 0 Å². The largest absolute Gasteiger partial charge is 0.326 e. The number of rotatable bonds is 10. The van der Waals surface area contributed by atoms with Gasteiger partial charge in [-0.3, -0.25) is 0 Å². The lowest BCUT2D eigenvalue weighted by Crippen LogP contribution is -2.24. The van der Waals surface area contributed by atoms with Gasteiger partial charge in [0.15, 0.2) is 0 Å². The highest BCUT2D eigenvalue weighted by Gasteiger charge is 1.98. The molecule has 1 unspecified atom stereocenters. The van der Waals surface area contributed by atoms with Gasteiger partial charge in [0.2, 0.25) is 0 Å². The fourth-order valence-corrected chi connectivity index (χ4v) is 1.54. The minimum Gasteiger partial charge on any atom is -0.326 e. The van der Waals surface area contributed by atoms with Gasteiger partial charge in [0, 0.05) is 12.6 Å². The zero-order valence-electron chi connectivity index (χ0n) is 9.38. The molecule has 0 heterocycles. The third-order valence-electron chi connectivity index (χ3n) is 2.53. The van der Waals surface area contributed by atoms with E-state index < -0.39 is 0 Å². The predicted molar refractivity (Wildman–Crippen MR) is 63.4 cm³/mol. The molecule has 0 aromatic rings. The predicted octanol–water partition coefficient (Wildman–Crippen LogP) is 2.78. The fraction of sp³-hybridized carbons (Fsp3) is 0.833. The highest BCUT2D eigenvalue weighted by atomic mass is 14.7. The van der Waals surface area contributed by atoms with Crippen molar-refractivity contribution >= 4 is 0 Å². The average Bonchev–Trinajstić information content (AvgIpc) is 2.21. The third kappa shape index (κ3) is 10.0. The van der Waals surface area contributed by atoms with E-state index in [1.54, 1.807) is 6.54 Å². The van der Waals surface area contributed by atoms with Gasteiger partial charge in [-0.05, 0) is 6.42 Å². The van der Waals surface area contributed by atoms with Crippen molar-refractivity contribution in [3.63, 3.8) is 0 Å². The number of nitrogens with two attached hydrogens (primary N) is 2. The smallest absolute Gasteiger partial charge is 0.0361 e. The fourth-order valence-electron chi connectivity index (χ4n) is 1.54.